The number of carbonyl (C=O) groups excluding carboxylic acids is 1. The fourth-order valence-corrected chi connectivity index (χ4v) is 3.59. The average molecular weight is 421 g/mol. The number of nitrogens with zero attached hydrogens (tertiary/aromatic N) is 5. The van der Waals surface area contributed by atoms with E-state index < -0.39 is 5.91 Å². The summed E-state index contributed by atoms with van der Waals surface area (Å²) in [5.74, 6) is -0.0173. The number of nitrogen functional groups attached to an aromatic ring is 1. The van der Waals surface area contributed by atoms with E-state index in [0.717, 1.165) is 37.9 Å². The summed E-state index contributed by atoms with van der Waals surface area (Å²) in [4.78, 5) is 39.5. The molecular formula is C21H23N7O3. The Labute approximate surface area is 178 Å². The Hall–Kier alpha value is -3.79. The van der Waals surface area contributed by atoms with Gasteiger partial charge >= 0.3 is 0 Å². The van der Waals surface area contributed by atoms with Gasteiger partial charge in [-0.1, -0.05) is 12.1 Å². The molecule has 3 heterocycles. The Balaban J connectivity index is 1.73. The number of hydrogen-bond donors (Lipinski definition) is 3. The van der Waals surface area contributed by atoms with Crippen LogP contribution in [0.5, 0.6) is 0 Å². The molecule has 160 valence electrons. The van der Waals surface area contributed by atoms with Crippen molar-refractivity contribution in [1.29, 1.82) is 0 Å². The third-order valence-electron chi connectivity index (χ3n) is 5.25. The van der Waals surface area contributed by atoms with Crippen molar-refractivity contribution in [2.75, 3.05) is 23.7 Å². The number of amides is 1. The van der Waals surface area contributed by atoms with Crippen LogP contribution in [0.4, 0.5) is 11.8 Å². The zero-order valence-electron chi connectivity index (χ0n) is 16.9. The molecule has 0 saturated carbocycles. The van der Waals surface area contributed by atoms with Gasteiger partial charge in [0.05, 0.1) is 12.2 Å². The molecule has 4 rings (SSSR count). The predicted octanol–water partition coefficient (Wildman–Crippen LogP) is 1.44. The van der Waals surface area contributed by atoms with Gasteiger partial charge in [0.25, 0.3) is 11.5 Å². The van der Waals surface area contributed by atoms with Crippen molar-refractivity contribution in [2.24, 2.45) is 0 Å². The Morgan fingerprint density at radius 3 is 2.42 bits per heavy atom. The number of hydrogen-bond acceptors (Lipinski definition) is 8. The summed E-state index contributed by atoms with van der Waals surface area (Å²) in [6, 6.07) is 6.66. The second kappa shape index (κ2) is 8.92. The van der Waals surface area contributed by atoms with Gasteiger partial charge in [-0.05, 0) is 37.0 Å². The Kier molecular flexibility index (Phi) is 5.89. The maximum Gasteiger partial charge on any atom is 0.293 e. The summed E-state index contributed by atoms with van der Waals surface area (Å²) in [7, 11) is 0. The normalized spacial score (nSPS) is 13.8. The van der Waals surface area contributed by atoms with Crippen LogP contribution in [0, 0.1) is 0 Å². The first-order valence-corrected chi connectivity index (χ1v) is 10.0. The second-order valence-electron chi connectivity index (χ2n) is 7.40. The zero-order valence-corrected chi connectivity index (χ0v) is 16.9. The summed E-state index contributed by atoms with van der Waals surface area (Å²) in [5.41, 5.74) is 9.41. The van der Waals surface area contributed by atoms with Gasteiger partial charge in [0.15, 0.2) is 5.82 Å². The molecule has 10 heteroatoms. The van der Waals surface area contributed by atoms with Gasteiger partial charge in [-0.15, -0.1) is 0 Å². The summed E-state index contributed by atoms with van der Waals surface area (Å²) >= 11 is 0. The fourth-order valence-electron chi connectivity index (χ4n) is 3.59. The number of rotatable bonds is 5. The van der Waals surface area contributed by atoms with Gasteiger partial charge < -0.3 is 15.2 Å². The molecule has 0 bridgehead atoms. The SMILES string of the molecule is Nc1ncc(-c2cn(Cc3ccc(C(=O)NO)cc3)c(=O)c(N3CCCCC3)n2)cn1. The number of benzene rings is 1. The highest BCUT2D eigenvalue weighted by Crippen LogP contribution is 2.20. The van der Waals surface area contributed by atoms with Crippen LogP contribution in [0.25, 0.3) is 11.3 Å². The minimum atomic E-state index is -0.592. The smallest absolute Gasteiger partial charge is 0.293 e. The minimum absolute atomic E-state index is 0.167. The van der Waals surface area contributed by atoms with E-state index in [2.05, 4.69) is 15.0 Å². The van der Waals surface area contributed by atoms with E-state index >= 15 is 0 Å². The van der Waals surface area contributed by atoms with Crippen LogP contribution >= 0.6 is 0 Å². The molecule has 1 saturated heterocycles. The van der Waals surface area contributed by atoms with Crippen molar-refractivity contribution in [3.05, 3.63) is 64.3 Å². The Morgan fingerprint density at radius 2 is 1.77 bits per heavy atom. The second-order valence-corrected chi connectivity index (χ2v) is 7.40. The molecule has 1 fully saturated rings. The number of piperidine rings is 1. The molecule has 3 aromatic rings. The van der Waals surface area contributed by atoms with Gasteiger partial charge in [0.2, 0.25) is 5.95 Å². The first kappa shape index (κ1) is 20.5. The van der Waals surface area contributed by atoms with Crippen LogP contribution in [0.2, 0.25) is 0 Å². The quantitative estimate of drug-likeness (QED) is 0.415. The molecule has 1 amide bonds. The molecule has 1 aliphatic rings. The van der Waals surface area contributed by atoms with Crippen LogP contribution in [0.15, 0.2) is 47.7 Å². The first-order valence-electron chi connectivity index (χ1n) is 10.0. The third-order valence-corrected chi connectivity index (χ3v) is 5.25. The summed E-state index contributed by atoms with van der Waals surface area (Å²) in [5, 5.41) is 8.76. The lowest BCUT2D eigenvalue weighted by molar-refractivity contribution is 0.0706. The lowest BCUT2D eigenvalue weighted by Gasteiger charge is -2.28. The van der Waals surface area contributed by atoms with Gasteiger partial charge in [-0.25, -0.2) is 20.4 Å². The lowest BCUT2D eigenvalue weighted by Crippen LogP contribution is -2.37. The number of nitrogens with one attached hydrogen (secondary N) is 1. The van der Waals surface area contributed by atoms with Crippen LogP contribution in [0.3, 0.4) is 0 Å². The van der Waals surface area contributed by atoms with Crippen LogP contribution in [-0.2, 0) is 6.54 Å². The number of anilines is 2. The molecule has 0 spiro atoms. The average Bonchev–Trinajstić information content (AvgIpc) is 2.81. The third kappa shape index (κ3) is 4.53. The molecule has 1 aromatic carbocycles. The molecule has 1 aliphatic heterocycles. The number of aromatic nitrogens is 4. The van der Waals surface area contributed by atoms with Crippen LogP contribution in [-0.4, -0.2) is 43.7 Å². The molecule has 0 aliphatic carbocycles. The van der Waals surface area contributed by atoms with Gasteiger partial charge in [-0.2, -0.15) is 0 Å². The summed E-state index contributed by atoms with van der Waals surface area (Å²) in [6.07, 6.45) is 8.03. The molecule has 0 atom stereocenters. The number of carbonyl (C=O) groups is 1. The maximum absolute atomic E-state index is 13.2. The standard InChI is InChI=1S/C21H23N7O3/c22-21-23-10-16(11-24-21)17-13-28(12-14-4-6-15(7-5-14)19(29)26-31)20(30)18(25-17)27-8-2-1-3-9-27/h4-7,10-11,13,31H,1-3,8-9,12H2,(H,26,29)(H2,22,23,24). The van der Waals surface area contributed by atoms with Crippen molar-refractivity contribution in [2.45, 2.75) is 25.8 Å². The predicted molar refractivity (Wildman–Crippen MR) is 115 cm³/mol. The van der Waals surface area contributed by atoms with Crippen molar-refractivity contribution in [3.63, 3.8) is 0 Å². The maximum atomic E-state index is 13.2. The van der Waals surface area contributed by atoms with Crippen LogP contribution < -0.4 is 21.7 Å². The van der Waals surface area contributed by atoms with Gasteiger partial charge in [0.1, 0.15) is 0 Å². The molecule has 31 heavy (non-hydrogen) atoms. The van der Waals surface area contributed by atoms with Gasteiger partial charge in [0, 0.05) is 42.8 Å². The Bertz CT molecular complexity index is 1120. The highest BCUT2D eigenvalue weighted by atomic mass is 16.5. The van der Waals surface area contributed by atoms with E-state index in [1.54, 1.807) is 52.9 Å². The number of nitrogens with two attached hydrogens (primary N) is 1. The monoisotopic (exact) mass is 421 g/mol. The van der Waals surface area contributed by atoms with Crippen molar-refractivity contribution in [3.8, 4) is 11.3 Å². The molecule has 0 unspecified atom stereocenters. The molecule has 0 radical (unpaired) electrons. The van der Waals surface area contributed by atoms with Gasteiger partial charge in [-0.3, -0.25) is 14.8 Å². The highest BCUT2D eigenvalue weighted by Gasteiger charge is 2.19. The van der Waals surface area contributed by atoms with Crippen molar-refractivity contribution in [1.82, 2.24) is 25.0 Å². The van der Waals surface area contributed by atoms with E-state index in [1.807, 2.05) is 4.90 Å². The van der Waals surface area contributed by atoms with Crippen molar-refractivity contribution < 1.29 is 10.0 Å². The molecule has 4 N–H and O–H groups in total. The van der Waals surface area contributed by atoms with E-state index in [4.69, 9.17) is 10.9 Å². The largest absolute Gasteiger partial charge is 0.368 e. The van der Waals surface area contributed by atoms with Crippen LogP contribution in [0.1, 0.15) is 35.2 Å². The van der Waals surface area contributed by atoms with Crippen molar-refractivity contribution >= 4 is 17.7 Å². The van der Waals surface area contributed by atoms with E-state index in [0.29, 0.717) is 29.2 Å². The van der Waals surface area contributed by atoms with E-state index in [-0.39, 0.29) is 11.5 Å². The molecule has 2 aromatic heterocycles. The Morgan fingerprint density at radius 1 is 1.10 bits per heavy atom. The lowest BCUT2D eigenvalue weighted by atomic mass is 10.1. The molecular weight excluding hydrogens is 398 g/mol. The van der Waals surface area contributed by atoms with E-state index in [9.17, 15) is 9.59 Å². The fraction of sp³-hybridized carbons (Fsp3) is 0.286. The zero-order chi connectivity index (χ0) is 21.8. The van der Waals surface area contributed by atoms with E-state index in [1.165, 1.54) is 0 Å². The minimum Gasteiger partial charge on any atom is -0.368 e. The number of hydroxylamine groups is 1. The summed E-state index contributed by atoms with van der Waals surface area (Å²) < 4.78 is 1.60. The topological polar surface area (TPSA) is 139 Å². The first-order chi connectivity index (χ1) is 15.0. The highest BCUT2D eigenvalue weighted by molar-refractivity contribution is 5.93. The molecule has 10 nitrogen and oxygen atoms in total. The summed E-state index contributed by atoms with van der Waals surface area (Å²) in [6.45, 7) is 1.87.